The first-order chi connectivity index (χ1) is 9.11. The molecule has 1 fully saturated rings. The Balaban J connectivity index is 1.98. The number of aliphatic carboxylic acids is 1. The Hall–Kier alpha value is -1.88. The molecular formula is C14H17NO4. The summed E-state index contributed by atoms with van der Waals surface area (Å²) in [4.78, 5) is 28.2. The van der Waals surface area contributed by atoms with Crippen LogP contribution in [0, 0.1) is 11.8 Å². The molecule has 1 aliphatic rings. The SMILES string of the molecule is CC[C@@H]1CN(OC(=O)c2ccccc2)C[C@@H]1C(=O)O. The van der Waals surface area contributed by atoms with Crippen molar-refractivity contribution in [2.75, 3.05) is 13.1 Å². The fraction of sp³-hybridized carbons (Fsp3) is 0.429. The van der Waals surface area contributed by atoms with E-state index in [9.17, 15) is 9.59 Å². The second kappa shape index (κ2) is 5.84. The summed E-state index contributed by atoms with van der Waals surface area (Å²) in [6.07, 6.45) is 0.760. The number of rotatable bonds is 4. The zero-order valence-corrected chi connectivity index (χ0v) is 10.8. The zero-order chi connectivity index (χ0) is 13.8. The van der Waals surface area contributed by atoms with Crippen molar-refractivity contribution in [1.29, 1.82) is 0 Å². The van der Waals surface area contributed by atoms with Crippen LogP contribution in [0.2, 0.25) is 0 Å². The summed E-state index contributed by atoms with van der Waals surface area (Å²) in [5.74, 6) is -1.71. The molecule has 0 aromatic heterocycles. The van der Waals surface area contributed by atoms with Gasteiger partial charge in [0.15, 0.2) is 0 Å². The van der Waals surface area contributed by atoms with Crippen molar-refractivity contribution in [2.24, 2.45) is 11.8 Å². The van der Waals surface area contributed by atoms with Crippen LogP contribution in [-0.4, -0.2) is 35.2 Å². The molecule has 0 bridgehead atoms. The third-order valence-corrected chi connectivity index (χ3v) is 3.47. The lowest BCUT2D eigenvalue weighted by atomic mass is 9.94. The summed E-state index contributed by atoms with van der Waals surface area (Å²) in [7, 11) is 0. The fourth-order valence-corrected chi connectivity index (χ4v) is 2.34. The van der Waals surface area contributed by atoms with Crippen LogP contribution in [0.1, 0.15) is 23.7 Å². The molecule has 1 saturated heterocycles. The Morgan fingerprint density at radius 1 is 1.32 bits per heavy atom. The predicted octanol–water partition coefficient (Wildman–Crippen LogP) is 1.80. The summed E-state index contributed by atoms with van der Waals surface area (Å²) >= 11 is 0. The smallest absolute Gasteiger partial charge is 0.357 e. The van der Waals surface area contributed by atoms with Gasteiger partial charge in [-0.15, -0.1) is 5.06 Å². The number of carboxylic acid groups (broad SMARTS) is 1. The Labute approximate surface area is 111 Å². The molecule has 1 aliphatic heterocycles. The van der Waals surface area contributed by atoms with Crippen molar-refractivity contribution in [2.45, 2.75) is 13.3 Å². The summed E-state index contributed by atoms with van der Waals surface area (Å²) in [6, 6.07) is 8.68. The average Bonchev–Trinajstić information content (AvgIpc) is 2.83. The molecule has 1 heterocycles. The van der Waals surface area contributed by atoms with Crippen LogP contribution in [-0.2, 0) is 9.63 Å². The standard InChI is InChI=1S/C14H17NO4/c1-2-10-8-15(9-12(10)13(16)17)19-14(18)11-6-4-3-5-7-11/h3-7,10,12H,2,8-9H2,1H3,(H,16,17)/t10-,12+/m1/s1. The number of carboxylic acids is 1. The minimum absolute atomic E-state index is 0.0288. The van der Waals surface area contributed by atoms with Gasteiger partial charge in [0, 0.05) is 13.1 Å². The molecule has 0 spiro atoms. The Bertz CT molecular complexity index is 460. The topological polar surface area (TPSA) is 66.8 Å². The molecule has 1 N–H and O–H groups in total. The number of hydroxylamine groups is 2. The van der Waals surface area contributed by atoms with E-state index in [1.165, 1.54) is 5.06 Å². The van der Waals surface area contributed by atoms with Crippen molar-refractivity contribution >= 4 is 11.9 Å². The largest absolute Gasteiger partial charge is 0.481 e. The second-order valence-corrected chi connectivity index (χ2v) is 4.70. The first kappa shape index (κ1) is 13.5. The molecule has 1 aromatic rings. The van der Waals surface area contributed by atoms with E-state index >= 15 is 0 Å². The van der Waals surface area contributed by atoms with Crippen molar-refractivity contribution in [3.63, 3.8) is 0 Å². The van der Waals surface area contributed by atoms with E-state index < -0.39 is 17.9 Å². The Morgan fingerprint density at radius 2 is 2.00 bits per heavy atom. The lowest BCUT2D eigenvalue weighted by Crippen LogP contribution is -2.26. The summed E-state index contributed by atoms with van der Waals surface area (Å²) in [6.45, 7) is 2.68. The molecule has 5 nitrogen and oxygen atoms in total. The molecule has 0 amide bonds. The van der Waals surface area contributed by atoms with Gasteiger partial charge in [0.2, 0.25) is 0 Å². The average molecular weight is 263 g/mol. The molecule has 2 atom stereocenters. The number of hydrogen-bond donors (Lipinski definition) is 1. The molecule has 0 saturated carbocycles. The molecule has 102 valence electrons. The summed E-state index contributed by atoms with van der Waals surface area (Å²) < 4.78 is 0. The van der Waals surface area contributed by atoms with E-state index in [1.54, 1.807) is 24.3 Å². The van der Waals surface area contributed by atoms with Crippen molar-refractivity contribution in [1.82, 2.24) is 5.06 Å². The lowest BCUT2D eigenvalue weighted by molar-refractivity contribution is -0.144. The number of nitrogens with zero attached hydrogens (tertiary/aromatic N) is 1. The molecule has 1 aromatic carbocycles. The van der Waals surface area contributed by atoms with Crippen LogP contribution in [0.25, 0.3) is 0 Å². The van der Waals surface area contributed by atoms with E-state index in [0.717, 1.165) is 6.42 Å². The molecule has 0 radical (unpaired) electrons. The van der Waals surface area contributed by atoms with E-state index in [0.29, 0.717) is 12.1 Å². The van der Waals surface area contributed by atoms with E-state index in [4.69, 9.17) is 9.94 Å². The van der Waals surface area contributed by atoms with Gasteiger partial charge in [-0.25, -0.2) is 4.79 Å². The van der Waals surface area contributed by atoms with E-state index in [1.807, 2.05) is 13.0 Å². The Kier molecular flexibility index (Phi) is 4.16. The molecule has 19 heavy (non-hydrogen) atoms. The summed E-state index contributed by atoms with van der Waals surface area (Å²) in [5.41, 5.74) is 0.467. The van der Waals surface area contributed by atoms with Crippen LogP contribution in [0.15, 0.2) is 30.3 Å². The van der Waals surface area contributed by atoms with Gasteiger partial charge in [-0.3, -0.25) is 4.79 Å². The highest BCUT2D eigenvalue weighted by atomic mass is 16.7. The highest BCUT2D eigenvalue weighted by molar-refractivity contribution is 5.89. The summed E-state index contributed by atoms with van der Waals surface area (Å²) in [5, 5.41) is 10.6. The second-order valence-electron chi connectivity index (χ2n) is 4.70. The highest BCUT2D eigenvalue weighted by Crippen LogP contribution is 2.26. The minimum atomic E-state index is -0.829. The quantitative estimate of drug-likeness (QED) is 0.897. The zero-order valence-electron chi connectivity index (χ0n) is 10.8. The van der Waals surface area contributed by atoms with Crippen LogP contribution in [0.5, 0.6) is 0 Å². The first-order valence-corrected chi connectivity index (χ1v) is 6.37. The molecule has 0 aliphatic carbocycles. The molecule has 0 unspecified atom stereocenters. The lowest BCUT2D eigenvalue weighted by Gasteiger charge is -2.14. The number of benzene rings is 1. The molecule has 2 rings (SSSR count). The monoisotopic (exact) mass is 263 g/mol. The third-order valence-electron chi connectivity index (χ3n) is 3.47. The van der Waals surface area contributed by atoms with Crippen molar-refractivity contribution in [3.8, 4) is 0 Å². The fourth-order valence-electron chi connectivity index (χ4n) is 2.34. The van der Waals surface area contributed by atoms with E-state index in [2.05, 4.69) is 0 Å². The van der Waals surface area contributed by atoms with Gasteiger partial charge in [0.25, 0.3) is 0 Å². The van der Waals surface area contributed by atoms with Gasteiger partial charge >= 0.3 is 11.9 Å². The van der Waals surface area contributed by atoms with Crippen LogP contribution < -0.4 is 0 Å². The number of carbonyl (C=O) groups excluding carboxylic acids is 1. The number of carbonyl (C=O) groups is 2. The van der Waals surface area contributed by atoms with Gasteiger partial charge in [-0.05, 0) is 18.1 Å². The van der Waals surface area contributed by atoms with Gasteiger partial charge in [0.1, 0.15) is 0 Å². The maximum atomic E-state index is 11.9. The minimum Gasteiger partial charge on any atom is -0.481 e. The van der Waals surface area contributed by atoms with Crippen LogP contribution in [0.3, 0.4) is 0 Å². The normalized spacial score (nSPS) is 23.2. The van der Waals surface area contributed by atoms with Crippen molar-refractivity contribution < 1.29 is 19.5 Å². The molecule has 5 heteroatoms. The van der Waals surface area contributed by atoms with Gasteiger partial charge < -0.3 is 9.94 Å². The number of hydrogen-bond acceptors (Lipinski definition) is 4. The van der Waals surface area contributed by atoms with Gasteiger partial charge in [-0.2, -0.15) is 0 Å². The predicted molar refractivity (Wildman–Crippen MR) is 68.3 cm³/mol. The maximum Gasteiger partial charge on any atom is 0.357 e. The van der Waals surface area contributed by atoms with E-state index in [-0.39, 0.29) is 12.5 Å². The van der Waals surface area contributed by atoms with Crippen LogP contribution in [0.4, 0.5) is 0 Å². The van der Waals surface area contributed by atoms with Gasteiger partial charge in [0.05, 0.1) is 11.5 Å². The molecular weight excluding hydrogens is 246 g/mol. The third kappa shape index (κ3) is 3.12. The van der Waals surface area contributed by atoms with Gasteiger partial charge in [-0.1, -0.05) is 31.5 Å². The first-order valence-electron chi connectivity index (χ1n) is 6.37. The Morgan fingerprint density at radius 3 is 2.53 bits per heavy atom. The van der Waals surface area contributed by atoms with Crippen molar-refractivity contribution in [3.05, 3.63) is 35.9 Å². The highest BCUT2D eigenvalue weighted by Gasteiger charge is 2.38. The van der Waals surface area contributed by atoms with Crippen LogP contribution >= 0.6 is 0 Å². The maximum absolute atomic E-state index is 11.9.